The van der Waals surface area contributed by atoms with E-state index in [1.54, 1.807) is 0 Å². The summed E-state index contributed by atoms with van der Waals surface area (Å²) < 4.78 is 10.0. The lowest BCUT2D eigenvalue weighted by molar-refractivity contribution is -0.147. The Balaban J connectivity index is 2.63. The molecule has 0 saturated carbocycles. The van der Waals surface area contributed by atoms with Gasteiger partial charge in [0.05, 0.1) is 26.2 Å². The second-order valence-electron chi connectivity index (χ2n) is 5.06. The number of likely N-dealkylation sites (N-methyl/N-ethyl adjacent to an activating group) is 1. The summed E-state index contributed by atoms with van der Waals surface area (Å²) in [6, 6.07) is -0.601. The van der Waals surface area contributed by atoms with Crippen LogP contribution in [0.5, 0.6) is 0 Å². The molecule has 1 fully saturated rings. The molecule has 0 aromatic heterocycles. The summed E-state index contributed by atoms with van der Waals surface area (Å²) in [5.41, 5.74) is 0. The van der Waals surface area contributed by atoms with E-state index in [0.717, 1.165) is 6.54 Å². The molecule has 0 spiro atoms. The molecule has 3 atom stereocenters. The van der Waals surface area contributed by atoms with Crippen LogP contribution in [0.3, 0.4) is 0 Å². The summed E-state index contributed by atoms with van der Waals surface area (Å²) in [6.07, 6.45) is 0. The number of hydrogen-bond donors (Lipinski definition) is 2. The molecule has 6 nitrogen and oxygen atoms in total. The first-order chi connectivity index (χ1) is 9.01. The van der Waals surface area contributed by atoms with Gasteiger partial charge in [-0.15, -0.1) is 0 Å². The van der Waals surface area contributed by atoms with Gasteiger partial charge in [0.1, 0.15) is 6.04 Å². The zero-order valence-corrected chi connectivity index (χ0v) is 12.1. The van der Waals surface area contributed by atoms with Gasteiger partial charge >= 0.3 is 5.97 Å². The Morgan fingerprint density at radius 3 is 2.58 bits per heavy atom. The summed E-state index contributed by atoms with van der Waals surface area (Å²) in [7, 11) is 1.32. The Hall–Kier alpha value is -1.14. The van der Waals surface area contributed by atoms with Gasteiger partial charge in [-0.1, -0.05) is 20.8 Å². The Bertz CT molecular complexity index is 320. The third-order valence-electron chi connectivity index (χ3n) is 3.30. The lowest BCUT2D eigenvalue weighted by Crippen LogP contribution is -2.51. The van der Waals surface area contributed by atoms with Crippen molar-refractivity contribution in [1.29, 1.82) is 0 Å². The van der Waals surface area contributed by atoms with E-state index in [-0.39, 0.29) is 23.8 Å². The topological polar surface area (TPSA) is 76.7 Å². The van der Waals surface area contributed by atoms with E-state index in [2.05, 4.69) is 10.6 Å². The molecule has 110 valence electrons. The van der Waals surface area contributed by atoms with Crippen molar-refractivity contribution in [2.75, 3.05) is 26.9 Å². The maximum Gasteiger partial charge on any atom is 0.328 e. The molecule has 1 saturated heterocycles. The standard InChI is InChI=1S/C13H24N2O4/c1-5-14-10-7-19-6-9(10)12(16)15-11(8(2)3)13(17)18-4/h8-11,14H,5-7H2,1-4H3,(H,15,16)/t9?,10?,11-/m0/s1. The number of carbonyl (C=O) groups is 2. The van der Waals surface area contributed by atoms with E-state index in [4.69, 9.17) is 9.47 Å². The van der Waals surface area contributed by atoms with E-state index in [9.17, 15) is 9.59 Å². The smallest absolute Gasteiger partial charge is 0.328 e. The van der Waals surface area contributed by atoms with Gasteiger partial charge < -0.3 is 20.1 Å². The summed E-state index contributed by atoms with van der Waals surface area (Å²) in [6.45, 7) is 7.41. The second kappa shape index (κ2) is 7.45. The molecule has 0 aromatic rings. The van der Waals surface area contributed by atoms with Gasteiger partial charge in [-0.3, -0.25) is 4.79 Å². The quantitative estimate of drug-likeness (QED) is 0.662. The number of ether oxygens (including phenoxy) is 2. The van der Waals surface area contributed by atoms with Crippen LogP contribution in [0.2, 0.25) is 0 Å². The molecule has 0 aliphatic carbocycles. The van der Waals surface area contributed by atoms with Crippen molar-refractivity contribution in [3.05, 3.63) is 0 Å². The molecule has 0 bridgehead atoms. The number of nitrogens with one attached hydrogen (secondary N) is 2. The number of amides is 1. The molecule has 1 aliphatic rings. The largest absolute Gasteiger partial charge is 0.467 e. The highest BCUT2D eigenvalue weighted by atomic mass is 16.5. The average Bonchev–Trinajstić information content (AvgIpc) is 2.83. The second-order valence-corrected chi connectivity index (χ2v) is 5.06. The zero-order valence-electron chi connectivity index (χ0n) is 12.1. The lowest BCUT2D eigenvalue weighted by Gasteiger charge is -2.23. The maximum atomic E-state index is 12.2. The molecule has 0 radical (unpaired) electrons. The maximum absolute atomic E-state index is 12.2. The van der Waals surface area contributed by atoms with Crippen LogP contribution in [0, 0.1) is 11.8 Å². The van der Waals surface area contributed by atoms with E-state index in [1.807, 2.05) is 20.8 Å². The minimum Gasteiger partial charge on any atom is -0.467 e. The van der Waals surface area contributed by atoms with Crippen molar-refractivity contribution in [3.8, 4) is 0 Å². The van der Waals surface area contributed by atoms with Gasteiger partial charge in [0.15, 0.2) is 0 Å². The van der Waals surface area contributed by atoms with Crippen LogP contribution >= 0.6 is 0 Å². The van der Waals surface area contributed by atoms with Crippen molar-refractivity contribution in [1.82, 2.24) is 10.6 Å². The molecule has 0 aromatic carbocycles. The number of carbonyl (C=O) groups excluding carboxylic acids is 2. The van der Waals surface area contributed by atoms with Crippen molar-refractivity contribution < 1.29 is 19.1 Å². The van der Waals surface area contributed by atoms with Gasteiger partial charge in [-0.05, 0) is 12.5 Å². The first-order valence-electron chi connectivity index (χ1n) is 6.70. The van der Waals surface area contributed by atoms with Crippen molar-refractivity contribution in [2.45, 2.75) is 32.9 Å². The molecular weight excluding hydrogens is 248 g/mol. The summed E-state index contributed by atoms with van der Waals surface area (Å²) >= 11 is 0. The van der Waals surface area contributed by atoms with E-state index < -0.39 is 12.0 Å². The van der Waals surface area contributed by atoms with E-state index in [0.29, 0.717) is 13.2 Å². The van der Waals surface area contributed by atoms with Crippen LogP contribution in [0.4, 0.5) is 0 Å². The lowest BCUT2D eigenvalue weighted by atomic mass is 9.99. The van der Waals surface area contributed by atoms with Crippen LogP contribution < -0.4 is 10.6 Å². The van der Waals surface area contributed by atoms with Crippen LogP contribution in [0.1, 0.15) is 20.8 Å². The van der Waals surface area contributed by atoms with Crippen LogP contribution in [-0.4, -0.2) is 50.8 Å². The molecule has 6 heteroatoms. The van der Waals surface area contributed by atoms with Crippen molar-refractivity contribution in [2.24, 2.45) is 11.8 Å². The van der Waals surface area contributed by atoms with Crippen LogP contribution in [-0.2, 0) is 19.1 Å². The first-order valence-corrected chi connectivity index (χ1v) is 6.70. The molecule has 1 rings (SSSR count). The summed E-state index contributed by atoms with van der Waals surface area (Å²) in [5.74, 6) is -0.850. The van der Waals surface area contributed by atoms with Gasteiger partial charge in [0, 0.05) is 6.04 Å². The minimum atomic E-state index is -0.611. The third kappa shape index (κ3) is 4.18. The SMILES string of the molecule is CCNC1COCC1C(=O)N[C@H](C(=O)OC)C(C)C. The van der Waals surface area contributed by atoms with Crippen LogP contribution in [0.15, 0.2) is 0 Å². The van der Waals surface area contributed by atoms with E-state index >= 15 is 0 Å². The average molecular weight is 272 g/mol. The Morgan fingerprint density at radius 2 is 2.05 bits per heavy atom. The Morgan fingerprint density at radius 1 is 1.37 bits per heavy atom. The fourth-order valence-corrected chi connectivity index (χ4v) is 2.16. The number of esters is 1. The predicted molar refractivity (Wildman–Crippen MR) is 70.6 cm³/mol. The molecule has 1 amide bonds. The zero-order chi connectivity index (χ0) is 14.4. The van der Waals surface area contributed by atoms with Gasteiger partial charge in [-0.2, -0.15) is 0 Å². The predicted octanol–water partition coefficient (Wildman–Crippen LogP) is -0.0753. The third-order valence-corrected chi connectivity index (χ3v) is 3.30. The summed E-state index contributed by atoms with van der Waals surface area (Å²) in [5, 5.41) is 5.98. The van der Waals surface area contributed by atoms with Crippen molar-refractivity contribution >= 4 is 11.9 Å². The molecular formula is C13H24N2O4. The van der Waals surface area contributed by atoms with E-state index in [1.165, 1.54) is 7.11 Å². The van der Waals surface area contributed by atoms with Crippen molar-refractivity contribution in [3.63, 3.8) is 0 Å². The highest BCUT2D eigenvalue weighted by molar-refractivity contribution is 5.86. The number of rotatable bonds is 6. The number of methoxy groups -OCH3 is 1. The fraction of sp³-hybridized carbons (Fsp3) is 0.846. The minimum absolute atomic E-state index is 0.00968. The highest BCUT2D eigenvalue weighted by Gasteiger charge is 2.36. The summed E-state index contributed by atoms with van der Waals surface area (Å²) in [4.78, 5) is 23.9. The fourth-order valence-electron chi connectivity index (χ4n) is 2.16. The highest BCUT2D eigenvalue weighted by Crippen LogP contribution is 2.15. The molecule has 2 unspecified atom stereocenters. The Labute approximate surface area is 114 Å². The monoisotopic (exact) mass is 272 g/mol. The van der Waals surface area contributed by atoms with Gasteiger partial charge in [-0.25, -0.2) is 4.79 Å². The molecule has 2 N–H and O–H groups in total. The molecule has 19 heavy (non-hydrogen) atoms. The van der Waals surface area contributed by atoms with Gasteiger partial charge in [0.2, 0.25) is 5.91 Å². The normalized spacial score (nSPS) is 24.3. The van der Waals surface area contributed by atoms with Crippen LogP contribution in [0.25, 0.3) is 0 Å². The van der Waals surface area contributed by atoms with Gasteiger partial charge in [0.25, 0.3) is 0 Å². The Kier molecular flexibility index (Phi) is 6.24. The molecule has 1 heterocycles. The molecule has 1 aliphatic heterocycles. The number of hydrogen-bond acceptors (Lipinski definition) is 5. The first kappa shape index (κ1) is 15.9.